The molecule has 0 atom stereocenters. The molecule has 2 nitrogen and oxygen atoms in total. The van der Waals surface area contributed by atoms with Crippen molar-refractivity contribution in [3.8, 4) is 0 Å². The van der Waals surface area contributed by atoms with Gasteiger partial charge in [0.2, 0.25) is 0 Å². The standard InChI is InChI=1S/C16H23FN2/c17-13-6-7-15(19-10-4-1-5-11-19)14(12-13)16(18)8-2-3-9-16/h6-7,12H,1-5,8-11,18H2. The molecule has 2 aliphatic rings. The molecule has 3 heteroatoms. The van der Waals surface area contributed by atoms with Crippen molar-refractivity contribution in [3.05, 3.63) is 29.6 Å². The summed E-state index contributed by atoms with van der Waals surface area (Å²) in [6.07, 6.45) is 8.05. The number of piperidine rings is 1. The van der Waals surface area contributed by atoms with E-state index in [4.69, 9.17) is 5.73 Å². The van der Waals surface area contributed by atoms with Crippen LogP contribution in [-0.2, 0) is 5.54 Å². The Kier molecular flexibility index (Phi) is 3.48. The van der Waals surface area contributed by atoms with Crippen LogP contribution in [0.5, 0.6) is 0 Å². The van der Waals surface area contributed by atoms with E-state index < -0.39 is 0 Å². The zero-order valence-electron chi connectivity index (χ0n) is 11.5. The smallest absolute Gasteiger partial charge is 0.123 e. The van der Waals surface area contributed by atoms with Crippen LogP contribution < -0.4 is 10.6 Å². The lowest BCUT2D eigenvalue weighted by molar-refractivity contribution is 0.454. The molecule has 0 spiro atoms. The molecule has 1 heterocycles. The van der Waals surface area contributed by atoms with Crippen molar-refractivity contribution in [2.45, 2.75) is 50.5 Å². The third kappa shape index (κ3) is 2.48. The summed E-state index contributed by atoms with van der Waals surface area (Å²) >= 11 is 0. The minimum Gasteiger partial charge on any atom is -0.371 e. The van der Waals surface area contributed by atoms with E-state index in [1.807, 2.05) is 6.07 Å². The van der Waals surface area contributed by atoms with E-state index in [0.717, 1.165) is 44.3 Å². The van der Waals surface area contributed by atoms with Crippen LogP contribution in [0.4, 0.5) is 10.1 Å². The Morgan fingerprint density at radius 3 is 2.37 bits per heavy atom. The summed E-state index contributed by atoms with van der Waals surface area (Å²) in [7, 11) is 0. The Labute approximate surface area is 114 Å². The van der Waals surface area contributed by atoms with Gasteiger partial charge in [-0.2, -0.15) is 0 Å². The van der Waals surface area contributed by atoms with Crippen molar-refractivity contribution in [2.24, 2.45) is 5.73 Å². The van der Waals surface area contributed by atoms with Gasteiger partial charge in [0, 0.05) is 24.3 Å². The molecule has 1 aromatic carbocycles. The second kappa shape index (κ2) is 5.12. The first-order valence-corrected chi connectivity index (χ1v) is 7.53. The Morgan fingerprint density at radius 2 is 1.68 bits per heavy atom. The van der Waals surface area contributed by atoms with Crippen LogP contribution in [-0.4, -0.2) is 13.1 Å². The Balaban J connectivity index is 1.98. The predicted molar refractivity (Wildman–Crippen MR) is 76.8 cm³/mol. The number of hydrogen-bond acceptors (Lipinski definition) is 2. The molecule has 1 aliphatic carbocycles. The minimum atomic E-state index is -0.311. The molecule has 1 saturated heterocycles. The van der Waals surface area contributed by atoms with Crippen molar-refractivity contribution < 1.29 is 4.39 Å². The Morgan fingerprint density at radius 1 is 1.00 bits per heavy atom. The number of rotatable bonds is 2. The van der Waals surface area contributed by atoms with Gasteiger partial charge in [0.25, 0.3) is 0 Å². The van der Waals surface area contributed by atoms with Gasteiger partial charge in [-0.3, -0.25) is 0 Å². The number of nitrogens with two attached hydrogens (primary N) is 1. The molecule has 1 saturated carbocycles. The lowest BCUT2D eigenvalue weighted by Gasteiger charge is -2.35. The molecule has 0 radical (unpaired) electrons. The van der Waals surface area contributed by atoms with Gasteiger partial charge in [-0.25, -0.2) is 4.39 Å². The normalized spacial score (nSPS) is 22.7. The molecule has 1 aliphatic heterocycles. The molecule has 104 valence electrons. The number of nitrogens with zero attached hydrogens (tertiary/aromatic N) is 1. The van der Waals surface area contributed by atoms with Crippen molar-refractivity contribution in [2.75, 3.05) is 18.0 Å². The van der Waals surface area contributed by atoms with Crippen molar-refractivity contribution >= 4 is 5.69 Å². The van der Waals surface area contributed by atoms with E-state index >= 15 is 0 Å². The second-order valence-electron chi connectivity index (χ2n) is 6.07. The highest BCUT2D eigenvalue weighted by Gasteiger charge is 2.34. The van der Waals surface area contributed by atoms with Gasteiger partial charge >= 0.3 is 0 Å². The summed E-state index contributed by atoms with van der Waals surface area (Å²) in [6, 6.07) is 5.18. The number of halogens is 1. The van der Waals surface area contributed by atoms with Gasteiger partial charge in [0.05, 0.1) is 0 Å². The lowest BCUT2D eigenvalue weighted by atomic mass is 9.87. The number of anilines is 1. The van der Waals surface area contributed by atoms with Crippen LogP contribution in [0.15, 0.2) is 18.2 Å². The van der Waals surface area contributed by atoms with E-state index in [-0.39, 0.29) is 11.4 Å². The molecule has 3 rings (SSSR count). The third-order valence-electron chi connectivity index (χ3n) is 4.69. The van der Waals surface area contributed by atoms with Crippen molar-refractivity contribution in [1.29, 1.82) is 0 Å². The first kappa shape index (κ1) is 12.9. The highest BCUT2D eigenvalue weighted by Crippen LogP contribution is 2.41. The Hall–Kier alpha value is -1.09. The Bertz CT molecular complexity index is 446. The zero-order chi connectivity index (χ0) is 13.3. The first-order valence-electron chi connectivity index (χ1n) is 7.53. The summed E-state index contributed by atoms with van der Waals surface area (Å²) in [6.45, 7) is 2.16. The first-order chi connectivity index (χ1) is 9.19. The maximum atomic E-state index is 13.7. The summed E-state index contributed by atoms with van der Waals surface area (Å²) in [5.41, 5.74) is 8.46. The van der Waals surface area contributed by atoms with Gasteiger partial charge in [0.1, 0.15) is 5.82 Å². The lowest BCUT2D eigenvalue weighted by Crippen LogP contribution is -2.37. The quantitative estimate of drug-likeness (QED) is 0.883. The summed E-state index contributed by atoms with van der Waals surface area (Å²) in [4.78, 5) is 2.39. The molecule has 0 aromatic heterocycles. The van der Waals surface area contributed by atoms with E-state index in [9.17, 15) is 4.39 Å². The number of benzene rings is 1. The summed E-state index contributed by atoms with van der Waals surface area (Å²) in [5, 5.41) is 0. The molecule has 0 bridgehead atoms. The van der Waals surface area contributed by atoms with Crippen LogP contribution >= 0.6 is 0 Å². The monoisotopic (exact) mass is 262 g/mol. The predicted octanol–water partition coefficient (Wildman–Crippen LogP) is 3.54. The van der Waals surface area contributed by atoms with E-state index in [0.29, 0.717) is 0 Å². The zero-order valence-corrected chi connectivity index (χ0v) is 11.5. The minimum absolute atomic E-state index is 0.160. The summed E-state index contributed by atoms with van der Waals surface area (Å²) < 4.78 is 13.7. The van der Waals surface area contributed by atoms with Crippen molar-refractivity contribution in [1.82, 2.24) is 0 Å². The fourth-order valence-electron chi connectivity index (χ4n) is 3.59. The maximum Gasteiger partial charge on any atom is 0.123 e. The molecule has 2 fully saturated rings. The number of hydrogen-bond donors (Lipinski definition) is 1. The van der Waals surface area contributed by atoms with Gasteiger partial charge in [-0.15, -0.1) is 0 Å². The molecule has 0 unspecified atom stereocenters. The van der Waals surface area contributed by atoms with Crippen LogP contribution in [0.2, 0.25) is 0 Å². The largest absolute Gasteiger partial charge is 0.371 e. The van der Waals surface area contributed by atoms with Crippen molar-refractivity contribution in [3.63, 3.8) is 0 Å². The average Bonchev–Trinajstić information content (AvgIpc) is 2.88. The average molecular weight is 262 g/mol. The molecule has 0 amide bonds. The second-order valence-corrected chi connectivity index (χ2v) is 6.07. The van der Waals surface area contributed by atoms with Gasteiger partial charge in [-0.05, 0) is 55.9 Å². The molecule has 19 heavy (non-hydrogen) atoms. The maximum absolute atomic E-state index is 13.7. The van der Waals surface area contributed by atoms with Gasteiger partial charge < -0.3 is 10.6 Å². The van der Waals surface area contributed by atoms with E-state index in [1.165, 1.54) is 24.9 Å². The van der Waals surface area contributed by atoms with Crippen LogP contribution in [0.1, 0.15) is 50.5 Å². The molecule has 1 aromatic rings. The highest BCUT2D eigenvalue weighted by molar-refractivity contribution is 5.57. The SMILES string of the molecule is NC1(c2cc(F)ccc2N2CCCCC2)CCCC1. The highest BCUT2D eigenvalue weighted by atomic mass is 19.1. The third-order valence-corrected chi connectivity index (χ3v) is 4.69. The van der Waals surface area contributed by atoms with E-state index in [1.54, 1.807) is 12.1 Å². The van der Waals surface area contributed by atoms with Gasteiger partial charge in [0.15, 0.2) is 0 Å². The topological polar surface area (TPSA) is 29.3 Å². The van der Waals surface area contributed by atoms with Crippen LogP contribution in [0, 0.1) is 5.82 Å². The van der Waals surface area contributed by atoms with E-state index in [2.05, 4.69) is 4.90 Å². The molecule has 2 N–H and O–H groups in total. The summed E-state index contributed by atoms with van der Waals surface area (Å²) in [5.74, 6) is -0.160. The van der Waals surface area contributed by atoms with Crippen LogP contribution in [0.25, 0.3) is 0 Å². The fraction of sp³-hybridized carbons (Fsp3) is 0.625. The molecular formula is C16H23FN2. The van der Waals surface area contributed by atoms with Gasteiger partial charge in [-0.1, -0.05) is 12.8 Å². The fourth-order valence-corrected chi connectivity index (χ4v) is 3.59. The van der Waals surface area contributed by atoms with Crippen LogP contribution in [0.3, 0.4) is 0 Å². The molecular weight excluding hydrogens is 239 g/mol.